The summed E-state index contributed by atoms with van der Waals surface area (Å²) in [6.45, 7) is 0. The van der Waals surface area contributed by atoms with Crippen molar-refractivity contribution < 1.29 is 0 Å². The van der Waals surface area contributed by atoms with Crippen molar-refractivity contribution in [2.45, 2.75) is 0 Å². The van der Waals surface area contributed by atoms with Gasteiger partial charge in [0.25, 0.3) is 0 Å². The first-order valence-corrected chi connectivity index (χ1v) is 5.77. The molecule has 60 valence electrons. The molecule has 0 bridgehead atoms. The molecule has 1 aromatic carbocycles. The topological polar surface area (TPSA) is 3.24 Å². The summed E-state index contributed by atoms with van der Waals surface area (Å²) < 4.78 is 0. The summed E-state index contributed by atoms with van der Waals surface area (Å²) >= 11 is 0.561. The van der Waals surface area contributed by atoms with Gasteiger partial charge in [0.15, 0.2) is 0 Å². The van der Waals surface area contributed by atoms with Gasteiger partial charge in [-0.05, 0) is 0 Å². The van der Waals surface area contributed by atoms with Crippen LogP contribution in [0, 0.1) is 0 Å². The fourth-order valence-corrected chi connectivity index (χ4v) is 2.10. The Morgan fingerprint density at radius 1 is 0.917 bits per heavy atom. The van der Waals surface area contributed by atoms with E-state index in [0.717, 1.165) is 0 Å². The summed E-state index contributed by atoms with van der Waals surface area (Å²) in [5, 5.41) is 0. The van der Waals surface area contributed by atoms with Gasteiger partial charge >= 0.3 is 78.2 Å². The van der Waals surface area contributed by atoms with Gasteiger partial charge in [-0.25, -0.2) is 0 Å². The van der Waals surface area contributed by atoms with Gasteiger partial charge in [-0.3, -0.25) is 0 Å². The third kappa shape index (κ3) is 1.60. The molecule has 0 saturated carbocycles. The number of para-hydroxylation sites is 1. The molecule has 0 spiro atoms. The average Bonchev–Trinajstić information content (AvgIpc) is 2.21. The molecule has 1 nitrogen and oxygen atoms in total. The second kappa shape index (κ2) is 3.61. The van der Waals surface area contributed by atoms with Gasteiger partial charge in [0, 0.05) is 0 Å². The van der Waals surface area contributed by atoms with Crippen LogP contribution in [0.5, 0.6) is 0 Å². The van der Waals surface area contributed by atoms with E-state index in [9.17, 15) is 0 Å². The Morgan fingerprint density at radius 3 is 2.25 bits per heavy atom. The third-order valence-electron chi connectivity index (χ3n) is 1.65. The van der Waals surface area contributed by atoms with E-state index in [1.165, 1.54) is 5.69 Å². The van der Waals surface area contributed by atoms with Crippen molar-refractivity contribution in [1.82, 2.24) is 0 Å². The van der Waals surface area contributed by atoms with E-state index in [1.54, 1.807) is 0 Å². The maximum absolute atomic E-state index is 2.21. The van der Waals surface area contributed by atoms with Crippen LogP contribution in [0.2, 0.25) is 0 Å². The van der Waals surface area contributed by atoms with Crippen LogP contribution in [0.25, 0.3) is 0 Å². The van der Waals surface area contributed by atoms with E-state index < -0.39 is 0 Å². The molecular weight excluding hydrogens is 213 g/mol. The van der Waals surface area contributed by atoms with Crippen LogP contribution < -0.4 is 4.90 Å². The van der Waals surface area contributed by atoms with Crippen LogP contribution in [0.15, 0.2) is 52.7 Å². The Hall–Kier alpha value is -0.981. The number of hydrogen-bond acceptors (Lipinski definition) is 1. The Balaban J connectivity index is 2.25. The summed E-state index contributed by atoms with van der Waals surface area (Å²) in [5.74, 6) is 0. The van der Waals surface area contributed by atoms with Crippen LogP contribution in [-0.2, 0) is 0 Å². The molecule has 1 aliphatic heterocycles. The van der Waals surface area contributed by atoms with E-state index in [4.69, 9.17) is 0 Å². The second-order valence-corrected chi connectivity index (χ2v) is 4.16. The molecule has 0 radical (unpaired) electrons. The summed E-state index contributed by atoms with van der Waals surface area (Å²) in [4.78, 5) is 6.55. The standard InChI is InChI=1S/C10H9NSe/c1-2-4-10(5-3-1)11-6-8-12-9-7-11/h1-9H. The Labute approximate surface area is 78.5 Å². The molecule has 0 aromatic heterocycles. The average molecular weight is 222 g/mol. The molecule has 0 atom stereocenters. The molecular formula is C10H9NSe. The summed E-state index contributed by atoms with van der Waals surface area (Å²) in [6, 6.07) is 10.3. The van der Waals surface area contributed by atoms with Crippen LogP contribution in [0.4, 0.5) is 5.69 Å². The Morgan fingerprint density at radius 2 is 1.58 bits per heavy atom. The summed E-state index contributed by atoms with van der Waals surface area (Å²) in [6.07, 6.45) is 4.24. The molecule has 1 aliphatic rings. The zero-order valence-corrected chi connectivity index (χ0v) is 8.26. The van der Waals surface area contributed by atoms with E-state index in [1.807, 2.05) is 6.07 Å². The zero-order chi connectivity index (χ0) is 8.23. The zero-order valence-electron chi connectivity index (χ0n) is 6.55. The minimum atomic E-state index is 0.561. The molecule has 1 heterocycles. The molecule has 2 heteroatoms. The second-order valence-electron chi connectivity index (χ2n) is 2.45. The first-order valence-electron chi connectivity index (χ1n) is 3.79. The van der Waals surface area contributed by atoms with Crippen LogP contribution >= 0.6 is 0 Å². The molecule has 0 aliphatic carbocycles. The first kappa shape index (κ1) is 7.66. The van der Waals surface area contributed by atoms with E-state index in [2.05, 4.69) is 51.5 Å². The molecule has 0 N–H and O–H groups in total. The fraction of sp³-hybridized carbons (Fsp3) is 0. The molecule has 1 aromatic rings. The number of benzene rings is 1. The van der Waals surface area contributed by atoms with Crippen molar-refractivity contribution in [3.63, 3.8) is 0 Å². The van der Waals surface area contributed by atoms with Crippen LogP contribution in [-0.4, -0.2) is 15.0 Å². The number of rotatable bonds is 1. The Bertz CT molecular complexity index is 291. The SMILES string of the molecule is C1=CN(c2ccccc2)C=C[Se]1. The number of anilines is 1. The predicted octanol–water partition coefficient (Wildman–Crippen LogP) is 2.15. The van der Waals surface area contributed by atoms with E-state index in [-0.39, 0.29) is 0 Å². The molecule has 0 unspecified atom stereocenters. The Kier molecular flexibility index (Phi) is 2.31. The number of nitrogens with zero attached hydrogens (tertiary/aromatic N) is 1. The molecule has 12 heavy (non-hydrogen) atoms. The quantitative estimate of drug-likeness (QED) is 0.658. The van der Waals surface area contributed by atoms with Crippen molar-refractivity contribution in [2.75, 3.05) is 4.90 Å². The van der Waals surface area contributed by atoms with Crippen molar-refractivity contribution in [3.05, 3.63) is 52.7 Å². The first-order chi connectivity index (χ1) is 5.97. The van der Waals surface area contributed by atoms with E-state index in [0.29, 0.717) is 15.0 Å². The van der Waals surface area contributed by atoms with E-state index >= 15 is 0 Å². The number of hydrogen-bond donors (Lipinski definition) is 0. The van der Waals surface area contributed by atoms with Crippen LogP contribution in [0.1, 0.15) is 0 Å². The third-order valence-corrected chi connectivity index (χ3v) is 2.82. The van der Waals surface area contributed by atoms with Gasteiger partial charge in [-0.1, -0.05) is 0 Å². The minimum absolute atomic E-state index is 0.561. The fourth-order valence-electron chi connectivity index (χ4n) is 1.07. The maximum atomic E-state index is 2.21. The van der Waals surface area contributed by atoms with Gasteiger partial charge in [0.2, 0.25) is 0 Å². The van der Waals surface area contributed by atoms with Crippen molar-refractivity contribution in [2.24, 2.45) is 0 Å². The molecule has 2 rings (SSSR count). The summed E-state index contributed by atoms with van der Waals surface area (Å²) in [5.41, 5.74) is 1.22. The molecule has 0 amide bonds. The molecule has 0 fully saturated rings. The van der Waals surface area contributed by atoms with Gasteiger partial charge in [-0.2, -0.15) is 0 Å². The monoisotopic (exact) mass is 223 g/mol. The van der Waals surface area contributed by atoms with Crippen molar-refractivity contribution in [3.8, 4) is 0 Å². The van der Waals surface area contributed by atoms with Gasteiger partial charge in [-0.15, -0.1) is 0 Å². The predicted molar refractivity (Wildman–Crippen MR) is 53.0 cm³/mol. The van der Waals surface area contributed by atoms with Gasteiger partial charge in [0.05, 0.1) is 0 Å². The van der Waals surface area contributed by atoms with Crippen molar-refractivity contribution >= 4 is 20.6 Å². The molecule has 0 saturated heterocycles. The van der Waals surface area contributed by atoms with Gasteiger partial charge in [0.1, 0.15) is 0 Å². The van der Waals surface area contributed by atoms with Crippen molar-refractivity contribution in [1.29, 1.82) is 0 Å². The van der Waals surface area contributed by atoms with Crippen LogP contribution in [0.3, 0.4) is 0 Å². The normalized spacial score (nSPS) is 15.2. The van der Waals surface area contributed by atoms with Gasteiger partial charge < -0.3 is 0 Å². The summed E-state index contributed by atoms with van der Waals surface area (Å²) in [7, 11) is 0.